The monoisotopic (exact) mass is 173 g/mol. The van der Waals surface area contributed by atoms with Crippen LogP contribution in [0.3, 0.4) is 0 Å². The molecule has 2 rings (SSSR count). The van der Waals surface area contributed by atoms with Gasteiger partial charge in [0.1, 0.15) is 0 Å². The first kappa shape index (κ1) is 8.30. The molecule has 2 aromatic rings. The van der Waals surface area contributed by atoms with Gasteiger partial charge in [-0.3, -0.25) is 4.68 Å². The third kappa shape index (κ3) is 1.32. The first-order valence-electron chi connectivity index (χ1n) is 4.66. The van der Waals surface area contributed by atoms with Crippen molar-refractivity contribution >= 4 is 10.9 Å². The van der Waals surface area contributed by atoms with Crippen LogP contribution in [0.4, 0.5) is 0 Å². The minimum absolute atomic E-state index is 1.00. The summed E-state index contributed by atoms with van der Waals surface area (Å²) in [6, 6.07) is 9.00. The van der Waals surface area contributed by atoms with Crippen molar-refractivity contribution in [2.75, 3.05) is 0 Å². The second-order valence-electron chi connectivity index (χ2n) is 3.25. The Morgan fingerprint density at radius 1 is 1.54 bits per heavy atom. The van der Waals surface area contributed by atoms with Crippen LogP contribution >= 0.6 is 0 Å². The Bertz CT molecular complexity index is 415. The van der Waals surface area contributed by atoms with Gasteiger partial charge in [-0.05, 0) is 31.5 Å². The molecular formula is C11H13N2. The van der Waals surface area contributed by atoms with E-state index in [2.05, 4.69) is 29.7 Å². The third-order valence-corrected chi connectivity index (χ3v) is 2.28. The van der Waals surface area contributed by atoms with Crippen molar-refractivity contribution in [3.63, 3.8) is 0 Å². The largest absolute Gasteiger partial charge is 0.269 e. The Morgan fingerprint density at radius 3 is 3.08 bits per heavy atom. The molecule has 13 heavy (non-hydrogen) atoms. The summed E-state index contributed by atoms with van der Waals surface area (Å²) in [6.45, 7) is 5.28. The fourth-order valence-electron chi connectivity index (χ4n) is 1.57. The predicted molar refractivity (Wildman–Crippen MR) is 53.6 cm³/mol. The summed E-state index contributed by atoms with van der Waals surface area (Å²) < 4.78 is 2.07. The van der Waals surface area contributed by atoms with E-state index in [1.165, 1.54) is 11.1 Å². The van der Waals surface area contributed by atoms with Crippen LogP contribution in [0.15, 0.2) is 18.2 Å². The summed E-state index contributed by atoms with van der Waals surface area (Å²) in [6.07, 6.45) is 1.12. The van der Waals surface area contributed by atoms with Crippen LogP contribution in [-0.4, -0.2) is 9.78 Å². The summed E-state index contributed by atoms with van der Waals surface area (Å²) in [5.74, 6) is 0. The number of fused-ring (bicyclic) bond motifs is 1. The van der Waals surface area contributed by atoms with E-state index in [-0.39, 0.29) is 0 Å². The average molecular weight is 173 g/mol. The third-order valence-electron chi connectivity index (χ3n) is 2.28. The van der Waals surface area contributed by atoms with Crippen molar-refractivity contribution < 1.29 is 0 Å². The molecule has 0 amide bonds. The van der Waals surface area contributed by atoms with Gasteiger partial charge in [0.2, 0.25) is 0 Å². The molecule has 0 aliphatic rings. The van der Waals surface area contributed by atoms with Gasteiger partial charge < -0.3 is 0 Å². The van der Waals surface area contributed by atoms with Gasteiger partial charge >= 0.3 is 0 Å². The van der Waals surface area contributed by atoms with Crippen molar-refractivity contribution in [3.05, 3.63) is 30.0 Å². The van der Waals surface area contributed by atoms with E-state index in [9.17, 15) is 0 Å². The molecule has 1 heterocycles. The SMILES string of the molecule is CCCn1nc2cc[c]cc2c1C. The van der Waals surface area contributed by atoms with Crippen LogP contribution in [0, 0.1) is 13.0 Å². The summed E-state index contributed by atoms with van der Waals surface area (Å²) in [5, 5.41) is 5.72. The number of aryl methyl sites for hydroxylation is 2. The lowest BCUT2D eigenvalue weighted by molar-refractivity contribution is 0.593. The predicted octanol–water partition coefficient (Wildman–Crippen LogP) is 2.55. The fraction of sp³-hybridized carbons (Fsp3) is 0.364. The number of rotatable bonds is 2. The molecule has 0 saturated heterocycles. The van der Waals surface area contributed by atoms with E-state index in [0.29, 0.717) is 0 Å². The van der Waals surface area contributed by atoms with Crippen molar-refractivity contribution in [2.45, 2.75) is 26.8 Å². The van der Waals surface area contributed by atoms with E-state index < -0.39 is 0 Å². The zero-order valence-electron chi connectivity index (χ0n) is 8.04. The maximum atomic E-state index is 4.50. The summed E-state index contributed by atoms with van der Waals surface area (Å²) in [4.78, 5) is 0. The number of hydrogen-bond acceptors (Lipinski definition) is 1. The maximum absolute atomic E-state index is 4.50. The summed E-state index contributed by atoms with van der Waals surface area (Å²) in [5.41, 5.74) is 2.32. The highest BCUT2D eigenvalue weighted by Gasteiger charge is 2.04. The Kier molecular flexibility index (Phi) is 2.05. The molecule has 67 valence electrons. The number of nitrogens with zero attached hydrogens (tertiary/aromatic N) is 2. The van der Waals surface area contributed by atoms with Crippen LogP contribution in [0.5, 0.6) is 0 Å². The van der Waals surface area contributed by atoms with Crippen LogP contribution in [-0.2, 0) is 6.54 Å². The number of benzene rings is 1. The molecule has 2 nitrogen and oxygen atoms in total. The zero-order chi connectivity index (χ0) is 9.26. The van der Waals surface area contributed by atoms with Gasteiger partial charge in [0, 0.05) is 17.6 Å². The Hall–Kier alpha value is -1.31. The Balaban J connectivity index is 2.60. The summed E-state index contributed by atoms with van der Waals surface area (Å²) >= 11 is 0. The Labute approximate surface area is 78.2 Å². The van der Waals surface area contributed by atoms with E-state index >= 15 is 0 Å². The van der Waals surface area contributed by atoms with Gasteiger partial charge in [-0.15, -0.1) is 0 Å². The quantitative estimate of drug-likeness (QED) is 0.682. The van der Waals surface area contributed by atoms with Crippen LogP contribution in [0.25, 0.3) is 10.9 Å². The number of aromatic nitrogens is 2. The van der Waals surface area contributed by atoms with Gasteiger partial charge in [0.15, 0.2) is 0 Å². The Morgan fingerprint density at radius 2 is 2.38 bits per heavy atom. The molecular weight excluding hydrogens is 160 g/mol. The normalized spacial score (nSPS) is 10.9. The minimum Gasteiger partial charge on any atom is -0.269 e. The van der Waals surface area contributed by atoms with Gasteiger partial charge in [0.05, 0.1) is 5.52 Å². The lowest BCUT2D eigenvalue weighted by atomic mass is 10.2. The minimum atomic E-state index is 1.00. The molecule has 0 unspecified atom stereocenters. The van der Waals surface area contributed by atoms with Gasteiger partial charge in [-0.2, -0.15) is 5.10 Å². The lowest BCUT2D eigenvalue weighted by Crippen LogP contribution is -2.00. The number of hydrogen-bond donors (Lipinski definition) is 0. The van der Waals surface area contributed by atoms with Gasteiger partial charge in [-0.25, -0.2) is 0 Å². The summed E-state index contributed by atoms with van der Waals surface area (Å²) in [7, 11) is 0. The second-order valence-corrected chi connectivity index (χ2v) is 3.25. The van der Waals surface area contributed by atoms with Gasteiger partial charge in [0.25, 0.3) is 0 Å². The van der Waals surface area contributed by atoms with E-state index in [4.69, 9.17) is 0 Å². The topological polar surface area (TPSA) is 17.8 Å². The molecule has 0 atom stereocenters. The lowest BCUT2D eigenvalue weighted by Gasteiger charge is -1.99. The van der Waals surface area contributed by atoms with E-state index in [1.54, 1.807) is 0 Å². The van der Waals surface area contributed by atoms with Crippen molar-refractivity contribution in [1.82, 2.24) is 9.78 Å². The molecule has 2 heteroatoms. The highest BCUT2D eigenvalue weighted by molar-refractivity contribution is 5.80. The van der Waals surface area contributed by atoms with Gasteiger partial charge in [-0.1, -0.05) is 13.0 Å². The van der Waals surface area contributed by atoms with E-state index in [0.717, 1.165) is 18.5 Å². The maximum Gasteiger partial charge on any atom is 0.0926 e. The van der Waals surface area contributed by atoms with Crippen LogP contribution < -0.4 is 0 Å². The van der Waals surface area contributed by atoms with Crippen molar-refractivity contribution in [2.24, 2.45) is 0 Å². The molecule has 1 aromatic carbocycles. The highest BCUT2D eigenvalue weighted by atomic mass is 15.3. The fourth-order valence-corrected chi connectivity index (χ4v) is 1.57. The van der Waals surface area contributed by atoms with E-state index in [1.807, 2.05) is 18.2 Å². The first-order valence-corrected chi connectivity index (χ1v) is 4.66. The molecule has 0 saturated carbocycles. The molecule has 0 N–H and O–H groups in total. The van der Waals surface area contributed by atoms with Crippen molar-refractivity contribution in [3.8, 4) is 0 Å². The molecule has 0 spiro atoms. The van der Waals surface area contributed by atoms with Crippen LogP contribution in [0.2, 0.25) is 0 Å². The smallest absolute Gasteiger partial charge is 0.0926 e. The standard InChI is InChI=1S/C11H13N2/c1-3-8-13-9(2)10-6-4-5-7-11(10)12-13/h5-7H,3,8H2,1-2H3. The van der Waals surface area contributed by atoms with Crippen molar-refractivity contribution in [1.29, 1.82) is 0 Å². The zero-order valence-corrected chi connectivity index (χ0v) is 8.04. The molecule has 0 aliphatic carbocycles. The molecule has 0 aliphatic heterocycles. The molecule has 1 aromatic heterocycles. The molecule has 0 fully saturated rings. The average Bonchev–Trinajstić information content (AvgIpc) is 2.46. The molecule has 0 bridgehead atoms. The molecule has 1 radical (unpaired) electrons. The second kappa shape index (κ2) is 3.21. The first-order chi connectivity index (χ1) is 6.33. The highest BCUT2D eigenvalue weighted by Crippen LogP contribution is 2.16. The van der Waals surface area contributed by atoms with Crippen LogP contribution in [0.1, 0.15) is 19.0 Å².